The van der Waals surface area contributed by atoms with Crippen LogP contribution in [0, 0.1) is 0 Å². The molecule has 3 rings (SSSR count). The molecule has 2 aromatic carbocycles. The molecule has 1 saturated heterocycles. The highest BCUT2D eigenvalue weighted by Crippen LogP contribution is 2.28. The van der Waals surface area contributed by atoms with Crippen LogP contribution in [0.15, 0.2) is 33.9 Å². The number of anilines is 2. The first-order chi connectivity index (χ1) is 14.7. The second-order valence-electron chi connectivity index (χ2n) is 7.01. The zero-order chi connectivity index (χ0) is 22.7. The molecule has 0 radical (unpaired) electrons. The van der Waals surface area contributed by atoms with E-state index in [4.69, 9.17) is 19.3 Å². The van der Waals surface area contributed by atoms with Gasteiger partial charge in [0, 0.05) is 12.1 Å². The summed E-state index contributed by atoms with van der Waals surface area (Å²) in [6, 6.07) is 6.08. The Bertz CT molecular complexity index is 981. The maximum Gasteiger partial charge on any atom is 0.303 e. The fourth-order valence-corrected chi connectivity index (χ4v) is 3.18. The summed E-state index contributed by atoms with van der Waals surface area (Å²) in [5.74, 6) is -0.872. The van der Waals surface area contributed by atoms with Crippen LogP contribution in [-0.4, -0.2) is 63.7 Å². The largest absolute Gasteiger partial charge is 0.488 e. The molecule has 0 amide bonds. The summed E-state index contributed by atoms with van der Waals surface area (Å²) in [7, 11) is 0. The van der Waals surface area contributed by atoms with E-state index in [1.54, 1.807) is 19.1 Å². The smallest absolute Gasteiger partial charge is 0.303 e. The van der Waals surface area contributed by atoms with Crippen LogP contribution in [-0.2, 0) is 9.53 Å². The number of ether oxygens (including phenoxy) is 3. The van der Waals surface area contributed by atoms with Crippen molar-refractivity contribution in [3.63, 3.8) is 0 Å². The Balaban J connectivity index is 1.66. The third-order valence-corrected chi connectivity index (χ3v) is 4.84. The molecule has 5 N–H and O–H groups in total. The third-order valence-electron chi connectivity index (χ3n) is 4.84. The van der Waals surface area contributed by atoms with E-state index in [1.807, 2.05) is 0 Å². The quantitative estimate of drug-likeness (QED) is 0.319. The monoisotopic (exact) mass is 437 g/mol. The van der Waals surface area contributed by atoms with Gasteiger partial charge >= 0.3 is 5.97 Å². The predicted molar refractivity (Wildman–Crippen MR) is 106 cm³/mol. The number of hydrogen-bond donors (Lipinski definition) is 5. The summed E-state index contributed by atoms with van der Waals surface area (Å²) in [6.45, 7) is 1.93. The number of nitrogens with one attached hydrogen (secondary N) is 1. The molecule has 0 aromatic heterocycles. The molecule has 1 aliphatic rings. The van der Waals surface area contributed by atoms with Gasteiger partial charge < -0.3 is 40.0 Å². The minimum Gasteiger partial charge on any atom is -0.488 e. The second-order valence-corrected chi connectivity index (χ2v) is 7.01. The van der Waals surface area contributed by atoms with Gasteiger partial charge in [0.05, 0.1) is 12.7 Å². The van der Waals surface area contributed by atoms with Crippen molar-refractivity contribution >= 4 is 17.3 Å². The van der Waals surface area contributed by atoms with Crippen molar-refractivity contribution in [2.24, 2.45) is 0 Å². The van der Waals surface area contributed by atoms with Gasteiger partial charge in [0.25, 0.3) is 10.9 Å². The summed E-state index contributed by atoms with van der Waals surface area (Å²) in [5, 5.41) is 41.8. The molecular formula is C20H23NO10. The van der Waals surface area contributed by atoms with E-state index in [9.17, 15) is 29.7 Å². The van der Waals surface area contributed by atoms with Crippen molar-refractivity contribution < 1.29 is 39.4 Å². The molecule has 0 saturated carbocycles. The van der Waals surface area contributed by atoms with Crippen molar-refractivity contribution in [3.8, 4) is 11.5 Å². The molecule has 1 fully saturated rings. The van der Waals surface area contributed by atoms with Crippen LogP contribution in [0.3, 0.4) is 0 Å². The predicted octanol–water partition coefficient (Wildman–Crippen LogP) is -0.524. The number of aliphatic carboxylic acids is 1. The highest BCUT2D eigenvalue weighted by atomic mass is 16.7. The molecule has 168 valence electrons. The van der Waals surface area contributed by atoms with Crippen LogP contribution in [0.1, 0.15) is 19.8 Å². The van der Waals surface area contributed by atoms with Crippen molar-refractivity contribution in [3.05, 3.63) is 44.7 Å². The number of carbonyl (C=O) groups is 1. The number of aliphatic hydroxyl groups is 3. The first-order valence-corrected chi connectivity index (χ1v) is 9.64. The van der Waals surface area contributed by atoms with Crippen LogP contribution in [0.25, 0.3) is 0 Å². The van der Waals surface area contributed by atoms with Crippen LogP contribution >= 0.6 is 0 Å². The van der Waals surface area contributed by atoms with E-state index in [1.165, 1.54) is 12.1 Å². The lowest BCUT2D eigenvalue weighted by Gasteiger charge is -2.40. The van der Waals surface area contributed by atoms with Crippen LogP contribution < -0.4 is 25.6 Å². The average Bonchev–Trinajstić information content (AvgIpc) is 2.76. The lowest BCUT2D eigenvalue weighted by Crippen LogP contribution is -2.59. The van der Waals surface area contributed by atoms with Gasteiger partial charge in [-0.25, -0.2) is 0 Å². The molecule has 0 aliphatic carbocycles. The van der Waals surface area contributed by atoms with Gasteiger partial charge in [-0.3, -0.25) is 14.4 Å². The fraction of sp³-hybridized carbons (Fsp3) is 0.450. The van der Waals surface area contributed by atoms with Crippen molar-refractivity contribution in [2.45, 2.75) is 50.5 Å². The van der Waals surface area contributed by atoms with Crippen LogP contribution in [0.4, 0.5) is 11.4 Å². The van der Waals surface area contributed by atoms with Gasteiger partial charge in [0.2, 0.25) is 6.29 Å². The molecule has 0 spiro atoms. The summed E-state index contributed by atoms with van der Waals surface area (Å²) >= 11 is 0. The number of benzene rings is 1. The molecule has 5 atom stereocenters. The van der Waals surface area contributed by atoms with E-state index in [-0.39, 0.29) is 36.6 Å². The molecule has 31 heavy (non-hydrogen) atoms. The Morgan fingerprint density at radius 1 is 1.06 bits per heavy atom. The number of aliphatic hydroxyl groups excluding tert-OH is 3. The van der Waals surface area contributed by atoms with Crippen LogP contribution in [0.2, 0.25) is 0 Å². The molecule has 1 aliphatic heterocycles. The Kier molecular flexibility index (Phi) is 6.91. The number of carboxylic acid groups (broad SMARTS) is 1. The number of carboxylic acids is 1. The van der Waals surface area contributed by atoms with E-state index >= 15 is 0 Å². The molecular weight excluding hydrogens is 414 g/mol. The molecule has 0 bridgehead atoms. The zero-order valence-electron chi connectivity index (χ0n) is 16.6. The first kappa shape index (κ1) is 22.7. The Labute approximate surface area is 176 Å². The van der Waals surface area contributed by atoms with Gasteiger partial charge in [0.1, 0.15) is 29.7 Å². The Hall–Kier alpha value is -2.99. The summed E-state index contributed by atoms with van der Waals surface area (Å²) < 4.78 is 16.1. The highest BCUT2D eigenvalue weighted by molar-refractivity contribution is 5.70. The minimum atomic E-state index is -1.58. The Morgan fingerprint density at radius 3 is 2.35 bits per heavy atom. The lowest BCUT2D eigenvalue weighted by molar-refractivity contribution is -0.273. The van der Waals surface area contributed by atoms with Crippen molar-refractivity contribution in [1.29, 1.82) is 0 Å². The zero-order valence-corrected chi connectivity index (χ0v) is 16.6. The van der Waals surface area contributed by atoms with E-state index < -0.39 is 47.5 Å². The molecule has 11 heteroatoms. The minimum absolute atomic E-state index is 0.0218. The van der Waals surface area contributed by atoms with Gasteiger partial charge in [-0.1, -0.05) is 0 Å². The average molecular weight is 437 g/mol. The van der Waals surface area contributed by atoms with Gasteiger partial charge in [-0.2, -0.15) is 0 Å². The standard InChI is InChI=1S/C20H23NO10/c1-2-29-19-13(15(25)17(19)27)21-9-3-5-10(6-4-9)30-20-18(28)16(26)14(24)11(31-20)7-8-12(22)23/h3-6,11,14,16,18,20-21,24,26,28H,2,7-8H2,1H3,(H,22,23)/t11?,14?,16-,18?,20+/m0/s1. The Morgan fingerprint density at radius 2 is 1.74 bits per heavy atom. The van der Waals surface area contributed by atoms with Crippen LogP contribution in [0.5, 0.6) is 11.5 Å². The second kappa shape index (κ2) is 9.43. The van der Waals surface area contributed by atoms with Gasteiger partial charge in [-0.15, -0.1) is 0 Å². The van der Waals surface area contributed by atoms with E-state index in [0.717, 1.165) is 0 Å². The van der Waals surface area contributed by atoms with Crippen molar-refractivity contribution in [2.75, 3.05) is 11.9 Å². The maximum atomic E-state index is 11.7. The molecule has 3 unspecified atom stereocenters. The molecule has 1 heterocycles. The third kappa shape index (κ3) is 4.85. The normalized spacial score (nSPS) is 25.9. The lowest BCUT2D eigenvalue weighted by atomic mass is 9.96. The highest BCUT2D eigenvalue weighted by Gasteiger charge is 2.44. The van der Waals surface area contributed by atoms with E-state index in [0.29, 0.717) is 5.69 Å². The SMILES string of the molecule is CCOc1c(Nc2ccc(O[C@@H]3OC(CCC(=O)O)C(O)[C@H](O)C3O)cc2)c(=O)c1=O. The van der Waals surface area contributed by atoms with E-state index in [2.05, 4.69) is 5.32 Å². The topological polar surface area (TPSA) is 172 Å². The molecule has 11 nitrogen and oxygen atoms in total. The maximum absolute atomic E-state index is 11.7. The summed E-state index contributed by atoms with van der Waals surface area (Å²) in [5.41, 5.74) is -0.835. The van der Waals surface area contributed by atoms with Crippen molar-refractivity contribution in [1.82, 2.24) is 0 Å². The number of rotatable bonds is 9. The molecule has 2 aromatic rings. The summed E-state index contributed by atoms with van der Waals surface area (Å²) in [6.07, 6.45) is -7.35. The van der Waals surface area contributed by atoms with Gasteiger partial charge in [-0.05, 0) is 37.6 Å². The first-order valence-electron chi connectivity index (χ1n) is 9.64. The fourth-order valence-electron chi connectivity index (χ4n) is 3.18. The van der Waals surface area contributed by atoms with Gasteiger partial charge in [0.15, 0.2) is 5.75 Å². The number of hydrogen-bond acceptors (Lipinski definition) is 10. The summed E-state index contributed by atoms with van der Waals surface area (Å²) in [4.78, 5) is 34.0.